The van der Waals surface area contributed by atoms with Crippen molar-refractivity contribution in [3.8, 4) is 0 Å². The highest BCUT2D eigenvalue weighted by Gasteiger charge is 2.30. The second-order valence-electron chi connectivity index (χ2n) is 11.9. The van der Waals surface area contributed by atoms with Crippen molar-refractivity contribution < 1.29 is 29.3 Å². The number of benzene rings is 2. The van der Waals surface area contributed by atoms with E-state index in [0.717, 1.165) is 11.1 Å². The lowest BCUT2D eigenvalue weighted by atomic mass is 9.94. The van der Waals surface area contributed by atoms with E-state index in [9.17, 15) is 19.8 Å². The number of amides is 2. The molecule has 0 radical (unpaired) electrons. The Kier molecular flexibility index (Phi) is 11.8. The molecule has 3 atom stereocenters. The van der Waals surface area contributed by atoms with Crippen LogP contribution in [0.15, 0.2) is 60.7 Å². The van der Waals surface area contributed by atoms with Gasteiger partial charge in [-0.05, 0) is 59.1 Å². The zero-order valence-corrected chi connectivity index (χ0v) is 24.0. The molecule has 0 aliphatic heterocycles. The molecular formula is C30H45N3O6. The van der Waals surface area contributed by atoms with Crippen molar-refractivity contribution in [1.29, 1.82) is 0 Å². The van der Waals surface area contributed by atoms with Crippen LogP contribution in [0.25, 0.3) is 0 Å². The van der Waals surface area contributed by atoms with Crippen LogP contribution >= 0.6 is 0 Å². The molecule has 1 unspecified atom stereocenters. The van der Waals surface area contributed by atoms with Gasteiger partial charge >= 0.3 is 12.2 Å². The Labute approximate surface area is 232 Å². The number of ether oxygens (including phenoxy) is 2. The molecule has 0 heterocycles. The summed E-state index contributed by atoms with van der Waals surface area (Å²) >= 11 is 0. The fourth-order valence-electron chi connectivity index (χ4n) is 3.92. The molecule has 2 amide bonds. The van der Waals surface area contributed by atoms with Crippen molar-refractivity contribution in [2.24, 2.45) is 0 Å². The second-order valence-corrected chi connectivity index (χ2v) is 11.9. The fourth-order valence-corrected chi connectivity index (χ4v) is 3.92. The topological polar surface area (TPSA) is 129 Å². The summed E-state index contributed by atoms with van der Waals surface area (Å²) in [4.78, 5) is 24.7. The predicted molar refractivity (Wildman–Crippen MR) is 152 cm³/mol. The highest BCUT2D eigenvalue weighted by molar-refractivity contribution is 5.68. The second kappa shape index (κ2) is 14.3. The zero-order chi connectivity index (χ0) is 29.1. The van der Waals surface area contributed by atoms with Crippen LogP contribution in [0.1, 0.15) is 52.7 Å². The van der Waals surface area contributed by atoms with Gasteiger partial charge in [-0.3, -0.25) is 0 Å². The molecule has 0 fully saturated rings. The Balaban J connectivity index is 2.07. The SMILES string of the molecule is CC(C)(C)OC(=O)NCC(O)(CNC[C@H](O)[C@H](Cc1ccccc1)NC(=O)OC(C)(C)C)Cc1ccccc1. The van der Waals surface area contributed by atoms with Crippen LogP contribution in [0.2, 0.25) is 0 Å². The minimum absolute atomic E-state index is 0.0660. The Bertz CT molecular complexity index is 1020. The van der Waals surface area contributed by atoms with Crippen molar-refractivity contribution >= 4 is 12.2 Å². The van der Waals surface area contributed by atoms with Gasteiger partial charge < -0.3 is 35.6 Å². The number of nitrogens with one attached hydrogen (secondary N) is 3. The van der Waals surface area contributed by atoms with Crippen LogP contribution in [0.4, 0.5) is 9.59 Å². The number of alkyl carbamates (subject to hydrolysis) is 2. The van der Waals surface area contributed by atoms with Crippen molar-refractivity contribution in [2.75, 3.05) is 19.6 Å². The molecule has 0 saturated heterocycles. The van der Waals surface area contributed by atoms with E-state index in [2.05, 4.69) is 16.0 Å². The molecule has 0 aliphatic rings. The van der Waals surface area contributed by atoms with E-state index in [0.29, 0.717) is 6.42 Å². The molecule has 0 saturated carbocycles. The van der Waals surface area contributed by atoms with Gasteiger partial charge in [0.15, 0.2) is 0 Å². The number of rotatable bonds is 12. The first-order chi connectivity index (χ1) is 18.1. The van der Waals surface area contributed by atoms with E-state index in [4.69, 9.17) is 9.47 Å². The van der Waals surface area contributed by atoms with Gasteiger partial charge in [0.05, 0.1) is 24.3 Å². The largest absolute Gasteiger partial charge is 0.444 e. The van der Waals surface area contributed by atoms with E-state index in [1.807, 2.05) is 60.7 Å². The van der Waals surface area contributed by atoms with Crippen molar-refractivity contribution in [3.05, 3.63) is 71.8 Å². The van der Waals surface area contributed by atoms with Crippen molar-refractivity contribution in [1.82, 2.24) is 16.0 Å². The van der Waals surface area contributed by atoms with E-state index < -0.39 is 41.1 Å². The highest BCUT2D eigenvalue weighted by atomic mass is 16.6. The quantitative estimate of drug-likeness (QED) is 0.277. The van der Waals surface area contributed by atoms with Crippen LogP contribution in [0.5, 0.6) is 0 Å². The van der Waals surface area contributed by atoms with Crippen LogP contribution in [-0.4, -0.2) is 71.0 Å². The molecule has 5 N–H and O–H groups in total. The summed E-state index contributed by atoms with van der Waals surface area (Å²) in [5.41, 5.74) is -0.883. The Morgan fingerprint density at radius 2 is 1.31 bits per heavy atom. The number of hydrogen-bond donors (Lipinski definition) is 5. The summed E-state index contributed by atoms with van der Waals surface area (Å²) in [6.45, 7) is 10.7. The van der Waals surface area contributed by atoms with Gasteiger partial charge in [-0.25, -0.2) is 9.59 Å². The van der Waals surface area contributed by atoms with Gasteiger partial charge in [0, 0.05) is 19.5 Å². The van der Waals surface area contributed by atoms with Crippen LogP contribution in [0.3, 0.4) is 0 Å². The lowest BCUT2D eigenvalue weighted by molar-refractivity contribution is 0.0205. The Morgan fingerprint density at radius 1 is 0.795 bits per heavy atom. The molecule has 9 nitrogen and oxygen atoms in total. The third-order valence-corrected chi connectivity index (χ3v) is 5.61. The molecular weight excluding hydrogens is 498 g/mol. The van der Waals surface area contributed by atoms with Crippen molar-refractivity contribution in [3.63, 3.8) is 0 Å². The first kappa shape index (κ1) is 32.1. The number of carbonyl (C=O) groups excluding carboxylic acids is 2. The van der Waals surface area contributed by atoms with Gasteiger partial charge in [-0.1, -0.05) is 60.7 Å². The summed E-state index contributed by atoms with van der Waals surface area (Å²) in [6, 6.07) is 18.3. The first-order valence-electron chi connectivity index (χ1n) is 13.3. The molecule has 9 heteroatoms. The predicted octanol–water partition coefficient (Wildman–Crippen LogP) is 3.57. The maximum absolute atomic E-state index is 12.5. The lowest BCUT2D eigenvalue weighted by Crippen LogP contribution is -2.55. The van der Waals surface area contributed by atoms with Crippen LogP contribution in [0, 0.1) is 0 Å². The maximum atomic E-state index is 12.5. The van der Waals surface area contributed by atoms with Gasteiger partial charge in [-0.2, -0.15) is 0 Å². The zero-order valence-electron chi connectivity index (χ0n) is 24.0. The Hall–Kier alpha value is -3.14. The molecule has 2 aromatic carbocycles. The highest BCUT2D eigenvalue weighted by Crippen LogP contribution is 2.15. The van der Waals surface area contributed by atoms with Gasteiger partial charge in [-0.15, -0.1) is 0 Å². The third-order valence-electron chi connectivity index (χ3n) is 5.61. The summed E-state index contributed by atoms with van der Waals surface area (Å²) in [6.07, 6.45) is -1.59. The molecule has 2 aromatic rings. The summed E-state index contributed by atoms with van der Waals surface area (Å²) in [7, 11) is 0. The fraction of sp³-hybridized carbons (Fsp3) is 0.533. The first-order valence-corrected chi connectivity index (χ1v) is 13.3. The molecule has 0 bridgehead atoms. The Morgan fingerprint density at radius 3 is 1.85 bits per heavy atom. The summed E-state index contributed by atoms with van der Waals surface area (Å²) in [5.74, 6) is 0. The summed E-state index contributed by atoms with van der Waals surface area (Å²) < 4.78 is 10.7. The average molecular weight is 544 g/mol. The number of carbonyl (C=O) groups is 2. The van der Waals surface area contributed by atoms with Crippen LogP contribution < -0.4 is 16.0 Å². The molecule has 39 heavy (non-hydrogen) atoms. The van der Waals surface area contributed by atoms with Gasteiger partial charge in [0.1, 0.15) is 11.2 Å². The van der Waals surface area contributed by atoms with E-state index in [1.165, 1.54) is 0 Å². The standard InChI is InChI=1S/C30H45N3O6/c1-28(2,3)38-26(35)32-21-30(37,18-23-15-11-8-12-16-23)20-31-19-25(34)24(17-22-13-9-7-10-14-22)33-27(36)39-29(4,5)6/h7-16,24-25,31,34,37H,17-21H2,1-6H3,(H,32,35)(H,33,36)/t24-,25-,30?/m0/s1. The van der Waals surface area contributed by atoms with E-state index in [-0.39, 0.29) is 26.1 Å². The lowest BCUT2D eigenvalue weighted by Gasteiger charge is -2.31. The molecule has 0 aromatic heterocycles. The van der Waals surface area contributed by atoms with Gasteiger partial charge in [0.25, 0.3) is 0 Å². The smallest absolute Gasteiger partial charge is 0.407 e. The average Bonchev–Trinajstić information content (AvgIpc) is 2.81. The maximum Gasteiger partial charge on any atom is 0.407 e. The molecule has 216 valence electrons. The minimum atomic E-state index is -1.37. The molecule has 0 aliphatic carbocycles. The number of aliphatic hydroxyl groups is 2. The monoisotopic (exact) mass is 543 g/mol. The van der Waals surface area contributed by atoms with Crippen LogP contribution in [-0.2, 0) is 22.3 Å². The summed E-state index contributed by atoms with van der Waals surface area (Å²) in [5, 5.41) is 31.1. The number of hydrogen-bond acceptors (Lipinski definition) is 7. The molecule has 2 rings (SSSR count). The third kappa shape index (κ3) is 13.5. The van der Waals surface area contributed by atoms with E-state index in [1.54, 1.807) is 41.5 Å². The minimum Gasteiger partial charge on any atom is -0.444 e. The normalized spacial score (nSPS) is 15.0. The van der Waals surface area contributed by atoms with Gasteiger partial charge in [0.2, 0.25) is 0 Å². The van der Waals surface area contributed by atoms with Crippen molar-refractivity contribution in [2.45, 2.75) is 83.3 Å². The molecule has 0 spiro atoms. The van der Waals surface area contributed by atoms with E-state index >= 15 is 0 Å². The number of aliphatic hydroxyl groups excluding tert-OH is 1.